The van der Waals surface area contributed by atoms with Gasteiger partial charge in [0.05, 0.1) is 0 Å². The van der Waals surface area contributed by atoms with Crippen LogP contribution in [0.1, 0.15) is 22.5 Å². The number of aryl methyl sites for hydroxylation is 1. The van der Waals surface area contributed by atoms with Gasteiger partial charge in [0.2, 0.25) is 0 Å². The summed E-state index contributed by atoms with van der Waals surface area (Å²) in [5.74, 6) is 0.332. The van der Waals surface area contributed by atoms with E-state index >= 15 is 0 Å². The lowest BCUT2D eigenvalue weighted by Crippen LogP contribution is -2.33. The fraction of sp³-hybridized carbons (Fsp3) is 0.538. The van der Waals surface area contributed by atoms with Crippen molar-refractivity contribution in [3.05, 3.63) is 33.7 Å². The highest BCUT2D eigenvalue weighted by molar-refractivity contribution is 5.94. The van der Waals surface area contributed by atoms with E-state index in [0.717, 1.165) is 31.7 Å². The second-order valence-corrected chi connectivity index (χ2v) is 4.86. The summed E-state index contributed by atoms with van der Waals surface area (Å²) in [6.45, 7) is 4.17. The zero-order chi connectivity index (χ0) is 13.1. The molecule has 1 saturated heterocycles. The molecule has 2 heterocycles. The first-order valence-corrected chi connectivity index (χ1v) is 6.25. The van der Waals surface area contributed by atoms with Crippen molar-refractivity contribution in [2.75, 3.05) is 26.7 Å². The number of carbonyl (C=O) groups is 1. The molecule has 5 heteroatoms. The van der Waals surface area contributed by atoms with Crippen LogP contribution in [-0.2, 0) is 0 Å². The molecule has 0 bridgehead atoms. The molecule has 1 aliphatic rings. The number of likely N-dealkylation sites (tertiary alicyclic amines) is 1. The van der Waals surface area contributed by atoms with Crippen LogP contribution in [0.4, 0.5) is 0 Å². The van der Waals surface area contributed by atoms with Gasteiger partial charge in [-0.05, 0) is 32.9 Å². The molecule has 1 fully saturated rings. The van der Waals surface area contributed by atoms with Gasteiger partial charge in [-0.15, -0.1) is 0 Å². The van der Waals surface area contributed by atoms with E-state index in [1.165, 1.54) is 12.3 Å². The van der Waals surface area contributed by atoms with E-state index in [2.05, 4.69) is 10.3 Å². The highest BCUT2D eigenvalue weighted by Crippen LogP contribution is 2.16. The Morgan fingerprint density at radius 3 is 3.06 bits per heavy atom. The van der Waals surface area contributed by atoms with Gasteiger partial charge >= 0.3 is 0 Å². The summed E-state index contributed by atoms with van der Waals surface area (Å²) in [6, 6.07) is 1.47. The largest absolute Gasteiger partial charge is 0.364 e. The Hall–Kier alpha value is -1.62. The number of aromatic nitrogens is 1. The number of aromatic amines is 1. The van der Waals surface area contributed by atoms with Crippen molar-refractivity contribution in [3.8, 4) is 0 Å². The molecule has 1 aromatic heterocycles. The van der Waals surface area contributed by atoms with Crippen molar-refractivity contribution >= 4 is 5.91 Å². The zero-order valence-corrected chi connectivity index (χ0v) is 10.8. The van der Waals surface area contributed by atoms with Crippen molar-refractivity contribution in [1.82, 2.24) is 15.2 Å². The number of rotatable bonds is 3. The molecule has 0 saturated carbocycles. The van der Waals surface area contributed by atoms with Gasteiger partial charge in [0.15, 0.2) is 5.43 Å². The number of hydrogen-bond donors (Lipinski definition) is 2. The molecule has 1 atom stereocenters. The van der Waals surface area contributed by atoms with Gasteiger partial charge in [0.25, 0.3) is 5.91 Å². The van der Waals surface area contributed by atoms with Crippen LogP contribution in [0.5, 0.6) is 0 Å². The summed E-state index contributed by atoms with van der Waals surface area (Å²) in [4.78, 5) is 28.7. The van der Waals surface area contributed by atoms with Crippen LogP contribution < -0.4 is 10.7 Å². The van der Waals surface area contributed by atoms with E-state index in [9.17, 15) is 9.59 Å². The molecule has 0 radical (unpaired) electrons. The van der Waals surface area contributed by atoms with Crippen LogP contribution >= 0.6 is 0 Å². The van der Waals surface area contributed by atoms with Crippen LogP contribution in [0.25, 0.3) is 0 Å². The summed E-state index contributed by atoms with van der Waals surface area (Å²) < 4.78 is 0. The van der Waals surface area contributed by atoms with Gasteiger partial charge in [-0.2, -0.15) is 0 Å². The van der Waals surface area contributed by atoms with Crippen LogP contribution in [0, 0.1) is 12.8 Å². The van der Waals surface area contributed by atoms with E-state index in [0.29, 0.717) is 5.92 Å². The maximum atomic E-state index is 12.2. The lowest BCUT2D eigenvalue weighted by atomic mass is 10.1. The second kappa shape index (κ2) is 5.35. The van der Waals surface area contributed by atoms with Gasteiger partial charge in [0, 0.05) is 31.0 Å². The fourth-order valence-electron chi connectivity index (χ4n) is 2.38. The van der Waals surface area contributed by atoms with Gasteiger partial charge < -0.3 is 15.2 Å². The molecule has 1 amide bonds. The first kappa shape index (κ1) is 12.8. The van der Waals surface area contributed by atoms with Gasteiger partial charge in [-0.1, -0.05) is 0 Å². The van der Waals surface area contributed by atoms with Gasteiger partial charge in [-0.3, -0.25) is 9.59 Å². The van der Waals surface area contributed by atoms with E-state index in [4.69, 9.17) is 0 Å². The molecule has 1 aromatic rings. The van der Waals surface area contributed by atoms with Gasteiger partial charge in [-0.25, -0.2) is 0 Å². The highest BCUT2D eigenvalue weighted by Gasteiger charge is 2.27. The van der Waals surface area contributed by atoms with E-state index in [-0.39, 0.29) is 16.9 Å². The molecule has 18 heavy (non-hydrogen) atoms. The summed E-state index contributed by atoms with van der Waals surface area (Å²) in [5, 5.41) is 3.12. The predicted octanol–water partition coefficient (Wildman–Crippen LogP) is 0.365. The Morgan fingerprint density at radius 1 is 1.61 bits per heavy atom. The quantitative estimate of drug-likeness (QED) is 0.813. The first-order chi connectivity index (χ1) is 8.61. The molecule has 2 N–H and O–H groups in total. The summed E-state index contributed by atoms with van der Waals surface area (Å²) >= 11 is 0. The monoisotopic (exact) mass is 249 g/mol. The third-order valence-corrected chi connectivity index (χ3v) is 3.35. The predicted molar refractivity (Wildman–Crippen MR) is 69.7 cm³/mol. The van der Waals surface area contributed by atoms with Crippen LogP contribution in [0.3, 0.4) is 0 Å². The number of nitrogens with zero attached hydrogens (tertiary/aromatic N) is 1. The van der Waals surface area contributed by atoms with Crippen LogP contribution in [0.2, 0.25) is 0 Å². The molecule has 1 unspecified atom stereocenters. The Bertz CT molecular complexity index is 495. The third kappa shape index (κ3) is 2.61. The molecular weight excluding hydrogens is 230 g/mol. The molecule has 0 aliphatic carbocycles. The van der Waals surface area contributed by atoms with Gasteiger partial charge in [0.1, 0.15) is 5.56 Å². The summed E-state index contributed by atoms with van der Waals surface area (Å²) in [6.07, 6.45) is 2.52. The van der Waals surface area contributed by atoms with Crippen molar-refractivity contribution in [3.63, 3.8) is 0 Å². The summed E-state index contributed by atoms with van der Waals surface area (Å²) in [7, 11) is 1.91. The lowest BCUT2D eigenvalue weighted by molar-refractivity contribution is 0.0785. The Labute approximate surface area is 106 Å². The standard InChI is InChI=1S/C13H19N3O2/c1-9-5-12(17)11(7-15-9)13(18)16-4-3-10(8-16)6-14-2/h5,7,10,14H,3-4,6,8H2,1-2H3,(H,15,17). The topological polar surface area (TPSA) is 65.2 Å². The average molecular weight is 249 g/mol. The molecule has 0 spiro atoms. The number of nitrogens with one attached hydrogen (secondary N) is 2. The Kier molecular flexibility index (Phi) is 3.81. The molecule has 2 rings (SSSR count). The fourth-order valence-corrected chi connectivity index (χ4v) is 2.38. The zero-order valence-electron chi connectivity index (χ0n) is 10.8. The molecule has 5 nitrogen and oxygen atoms in total. The second-order valence-electron chi connectivity index (χ2n) is 4.86. The average Bonchev–Trinajstić information content (AvgIpc) is 2.77. The Morgan fingerprint density at radius 2 is 2.39 bits per heavy atom. The number of H-pyrrole nitrogens is 1. The SMILES string of the molecule is CNCC1CCN(C(=O)c2c[nH]c(C)cc2=O)C1. The van der Waals surface area contributed by atoms with E-state index in [1.54, 1.807) is 11.8 Å². The number of carbonyl (C=O) groups excluding carboxylic acids is 1. The highest BCUT2D eigenvalue weighted by atomic mass is 16.2. The minimum Gasteiger partial charge on any atom is -0.364 e. The van der Waals surface area contributed by atoms with E-state index in [1.807, 2.05) is 7.05 Å². The molecule has 1 aliphatic heterocycles. The molecule has 98 valence electrons. The lowest BCUT2D eigenvalue weighted by Gasteiger charge is -2.16. The molecular formula is C13H19N3O2. The third-order valence-electron chi connectivity index (χ3n) is 3.35. The smallest absolute Gasteiger partial charge is 0.259 e. The maximum absolute atomic E-state index is 12.2. The molecule has 0 aromatic carbocycles. The number of hydrogen-bond acceptors (Lipinski definition) is 3. The summed E-state index contributed by atoms with van der Waals surface area (Å²) in [5.41, 5.74) is 0.810. The first-order valence-electron chi connectivity index (χ1n) is 6.25. The van der Waals surface area contributed by atoms with Crippen LogP contribution in [0.15, 0.2) is 17.1 Å². The maximum Gasteiger partial charge on any atom is 0.259 e. The number of pyridine rings is 1. The minimum absolute atomic E-state index is 0.158. The van der Waals surface area contributed by atoms with E-state index < -0.39 is 0 Å². The van der Waals surface area contributed by atoms with Crippen molar-refractivity contribution in [2.24, 2.45) is 5.92 Å². The normalized spacial score (nSPS) is 19.2. The van der Waals surface area contributed by atoms with Crippen LogP contribution in [-0.4, -0.2) is 42.5 Å². The van der Waals surface area contributed by atoms with Crippen molar-refractivity contribution in [2.45, 2.75) is 13.3 Å². The van der Waals surface area contributed by atoms with Crippen molar-refractivity contribution < 1.29 is 4.79 Å². The van der Waals surface area contributed by atoms with Crippen molar-refractivity contribution in [1.29, 1.82) is 0 Å². The minimum atomic E-state index is -0.201. The number of amides is 1. The Balaban J connectivity index is 2.10.